The molecule has 0 fully saturated rings. The van der Waals surface area contributed by atoms with Crippen LogP contribution in [0.2, 0.25) is 0 Å². The molecule has 4 aromatic rings. The summed E-state index contributed by atoms with van der Waals surface area (Å²) in [5, 5.41) is 18.4. The zero-order valence-electron chi connectivity index (χ0n) is 16.2. The molecule has 2 N–H and O–H groups in total. The van der Waals surface area contributed by atoms with Crippen LogP contribution in [-0.4, -0.2) is 37.5 Å². The van der Waals surface area contributed by atoms with E-state index < -0.39 is 0 Å². The molecule has 9 nitrogen and oxygen atoms in total. The van der Waals surface area contributed by atoms with Crippen molar-refractivity contribution in [2.45, 2.75) is 6.92 Å². The summed E-state index contributed by atoms with van der Waals surface area (Å²) in [5.41, 5.74) is 1.93. The van der Waals surface area contributed by atoms with E-state index in [-0.39, 0.29) is 5.91 Å². The van der Waals surface area contributed by atoms with Crippen molar-refractivity contribution in [3.05, 3.63) is 78.8 Å². The second-order valence-electron chi connectivity index (χ2n) is 6.20. The first-order chi connectivity index (χ1) is 14.7. The lowest BCUT2D eigenvalue weighted by Gasteiger charge is -2.09. The van der Waals surface area contributed by atoms with Crippen LogP contribution >= 0.6 is 0 Å². The number of hydrogen-bond donors (Lipinski definition) is 2. The van der Waals surface area contributed by atoms with Crippen LogP contribution in [0.4, 0.5) is 17.2 Å². The fraction of sp³-hybridized carbons (Fsp3) is 0.0952. The van der Waals surface area contributed by atoms with E-state index in [0.29, 0.717) is 35.4 Å². The van der Waals surface area contributed by atoms with Crippen LogP contribution < -0.4 is 15.4 Å². The molecular weight excluding hydrogens is 382 g/mol. The molecule has 0 saturated carbocycles. The molecule has 30 heavy (non-hydrogen) atoms. The molecule has 0 unspecified atom stereocenters. The number of carbonyl (C=O) groups excluding carboxylic acids is 1. The largest absolute Gasteiger partial charge is 0.478 e. The molecule has 0 aliphatic heterocycles. The van der Waals surface area contributed by atoms with Gasteiger partial charge in [0.05, 0.1) is 12.2 Å². The van der Waals surface area contributed by atoms with E-state index in [1.807, 2.05) is 37.3 Å². The quantitative estimate of drug-likeness (QED) is 0.488. The van der Waals surface area contributed by atoms with Gasteiger partial charge in [0.2, 0.25) is 5.88 Å². The van der Waals surface area contributed by atoms with Crippen molar-refractivity contribution >= 4 is 23.1 Å². The van der Waals surface area contributed by atoms with Crippen LogP contribution in [0.25, 0.3) is 5.82 Å². The molecule has 0 atom stereocenters. The molecule has 4 rings (SSSR count). The number of amides is 1. The molecule has 150 valence electrons. The molecule has 9 heteroatoms. The Balaban J connectivity index is 1.36. The molecule has 1 amide bonds. The van der Waals surface area contributed by atoms with E-state index in [2.05, 4.69) is 30.9 Å². The van der Waals surface area contributed by atoms with Crippen molar-refractivity contribution in [3.8, 4) is 11.7 Å². The molecule has 3 heterocycles. The third kappa shape index (κ3) is 4.58. The zero-order valence-corrected chi connectivity index (χ0v) is 16.2. The SMILES string of the molecule is CCOc1ccc(C(=O)Nc2ccc(Nc3ccc(-n4cccn4)nn3)cc2)cn1. The van der Waals surface area contributed by atoms with E-state index in [1.54, 1.807) is 41.3 Å². The first-order valence-electron chi connectivity index (χ1n) is 9.32. The Kier molecular flexibility index (Phi) is 5.61. The van der Waals surface area contributed by atoms with Crippen molar-refractivity contribution in [3.63, 3.8) is 0 Å². The Morgan fingerprint density at radius 3 is 2.50 bits per heavy atom. The van der Waals surface area contributed by atoms with E-state index in [9.17, 15) is 4.79 Å². The monoisotopic (exact) mass is 401 g/mol. The highest BCUT2D eigenvalue weighted by molar-refractivity contribution is 6.04. The summed E-state index contributed by atoms with van der Waals surface area (Å²) in [6.07, 6.45) is 4.97. The highest BCUT2D eigenvalue weighted by atomic mass is 16.5. The van der Waals surface area contributed by atoms with Gasteiger partial charge in [0.15, 0.2) is 11.6 Å². The highest BCUT2D eigenvalue weighted by Crippen LogP contribution is 2.18. The molecule has 0 bridgehead atoms. The van der Waals surface area contributed by atoms with Gasteiger partial charge in [0, 0.05) is 36.0 Å². The number of hydrogen-bond acceptors (Lipinski definition) is 7. The average Bonchev–Trinajstić information content (AvgIpc) is 3.31. The molecular formula is C21H19N7O2. The minimum Gasteiger partial charge on any atom is -0.478 e. The van der Waals surface area contributed by atoms with Crippen molar-refractivity contribution in [1.82, 2.24) is 25.0 Å². The van der Waals surface area contributed by atoms with Crippen LogP contribution in [0, 0.1) is 0 Å². The van der Waals surface area contributed by atoms with Gasteiger partial charge >= 0.3 is 0 Å². The van der Waals surface area contributed by atoms with Gasteiger partial charge in [0.25, 0.3) is 5.91 Å². The second-order valence-corrected chi connectivity index (χ2v) is 6.20. The zero-order chi connectivity index (χ0) is 20.8. The predicted molar refractivity (Wildman–Crippen MR) is 112 cm³/mol. The van der Waals surface area contributed by atoms with Crippen LogP contribution in [-0.2, 0) is 0 Å². The summed E-state index contributed by atoms with van der Waals surface area (Å²) in [7, 11) is 0. The van der Waals surface area contributed by atoms with Crippen LogP contribution in [0.5, 0.6) is 5.88 Å². The molecule has 0 saturated heterocycles. The maximum absolute atomic E-state index is 12.4. The number of pyridine rings is 1. The first kappa shape index (κ1) is 19.1. The summed E-state index contributed by atoms with van der Waals surface area (Å²) in [6, 6.07) is 16.1. The topological polar surface area (TPSA) is 107 Å². The summed E-state index contributed by atoms with van der Waals surface area (Å²) in [6.45, 7) is 2.41. The normalized spacial score (nSPS) is 10.4. The average molecular weight is 401 g/mol. The predicted octanol–water partition coefficient (Wildman–Crippen LogP) is 3.45. The van der Waals surface area contributed by atoms with E-state index in [1.165, 1.54) is 6.20 Å². The highest BCUT2D eigenvalue weighted by Gasteiger charge is 2.08. The summed E-state index contributed by atoms with van der Waals surface area (Å²) in [4.78, 5) is 16.5. The number of benzene rings is 1. The number of nitrogens with zero attached hydrogens (tertiary/aromatic N) is 5. The first-order valence-corrected chi connectivity index (χ1v) is 9.32. The van der Waals surface area contributed by atoms with Crippen molar-refractivity contribution in [2.75, 3.05) is 17.2 Å². The van der Waals surface area contributed by atoms with Gasteiger partial charge in [0.1, 0.15) is 0 Å². The lowest BCUT2D eigenvalue weighted by atomic mass is 10.2. The van der Waals surface area contributed by atoms with Crippen LogP contribution in [0.3, 0.4) is 0 Å². The van der Waals surface area contributed by atoms with Gasteiger partial charge in [-0.05, 0) is 55.5 Å². The van der Waals surface area contributed by atoms with E-state index in [4.69, 9.17) is 4.74 Å². The minimum atomic E-state index is -0.244. The Morgan fingerprint density at radius 1 is 1.03 bits per heavy atom. The van der Waals surface area contributed by atoms with Gasteiger partial charge < -0.3 is 15.4 Å². The Hall–Kier alpha value is -4.27. The summed E-state index contributed by atoms with van der Waals surface area (Å²) >= 11 is 0. The molecule has 0 radical (unpaired) electrons. The fourth-order valence-corrected chi connectivity index (χ4v) is 2.65. The standard InChI is InChI=1S/C21H19N7O2/c1-2-30-20-11-4-15(14-22-20)21(29)25-17-7-5-16(6-8-17)24-18-9-10-19(27-26-18)28-13-3-12-23-28/h3-14H,2H2,1H3,(H,24,26)(H,25,29). The smallest absolute Gasteiger partial charge is 0.257 e. The molecule has 0 aliphatic rings. The molecule has 0 aliphatic carbocycles. The minimum absolute atomic E-state index is 0.244. The van der Waals surface area contributed by atoms with E-state index >= 15 is 0 Å². The number of carbonyl (C=O) groups is 1. The number of anilines is 3. The maximum Gasteiger partial charge on any atom is 0.257 e. The number of ether oxygens (including phenoxy) is 1. The molecule has 1 aromatic carbocycles. The third-order valence-electron chi connectivity index (χ3n) is 4.10. The Bertz CT molecular complexity index is 1090. The molecule has 0 spiro atoms. The van der Waals surface area contributed by atoms with Gasteiger partial charge in [-0.3, -0.25) is 4.79 Å². The van der Waals surface area contributed by atoms with Crippen molar-refractivity contribution < 1.29 is 9.53 Å². The third-order valence-corrected chi connectivity index (χ3v) is 4.10. The summed E-state index contributed by atoms with van der Waals surface area (Å²) in [5.74, 6) is 1.48. The summed E-state index contributed by atoms with van der Waals surface area (Å²) < 4.78 is 6.92. The van der Waals surface area contributed by atoms with Crippen molar-refractivity contribution in [2.24, 2.45) is 0 Å². The lowest BCUT2D eigenvalue weighted by Crippen LogP contribution is -2.12. The number of aromatic nitrogens is 5. The fourth-order valence-electron chi connectivity index (χ4n) is 2.65. The second kappa shape index (κ2) is 8.82. The van der Waals surface area contributed by atoms with Gasteiger partial charge in [-0.1, -0.05) is 0 Å². The maximum atomic E-state index is 12.4. The van der Waals surface area contributed by atoms with Crippen molar-refractivity contribution in [1.29, 1.82) is 0 Å². The Labute approximate surface area is 172 Å². The van der Waals surface area contributed by atoms with Gasteiger partial charge in [-0.15, -0.1) is 10.2 Å². The van der Waals surface area contributed by atoms with Gasteiger partial charge in [-0.25, -0.2) is 9.67 Å². The molecule has 3 aromatic heterocycles. The van der Waals surface area contributed by atoms with Crippen LogP contribution in [0.15, 0.2) is 73.2 Å². The van der Waals surface area contributed by atoms with E-state index in [0.717, 1.165) is 5.69 Å². The Morgan fingerprint density at radius 2 is 1.87 bits per heavy atom. The van der Waals surface area contributed by atoms with Gasteiger partial charge in [-0.2, -0.15) is 5.10 Å². The number of nitrogens with one attached hydrogen (secondary N) is 2. The number of rotatable bonds is 7. The van der Waals surface area contributed by atoms with Crippen LogP contribution in [0.1, 0.15) is 17.3 Å². The lowest BCUT2D eigenvalue weighted by molar-refractivity contribution is 0.102.